The molecule has 0 bridgehead atoms. The van der Waals surface area contributed by atoms with Gasteiger partial charge in [0, 0.05) is 44.3 Å². The van der Waals surface area contributed by atoms with Crippen LogP contribution in [0, 0.1) is 6.92 Å². The quantitative estimate of drug-likeness (QED) is 0.728. The predicted octanol–water partition coefficient (Wildman–Crippen LogP) is 0.670. The van der Waals surface area contributed by atoms with Gasteiger partial charge >= 0.3 is 0 Å². The molecule has 2 fully saturated rings. The summed E-state index contributed by atoms with van der Waals surface area (Å²) in [7, 11) is -2.90. The van der Waals surface area contributed by atoms with E-state index in [4.69, 9.17) is 0 Å². The second-order valence-corrected chi connectivity index (χ2v) is 10.1. The zero-order valence-corrected chi connectivity index (χ0v) is 17.6. The van der Waals surface area contributed by atoms with Crippen molar-refractivity contribution in [1.29, 1.82) is 0 Å². The number of sulfone groups is 1. The molecule has 0 N–H and O–H groups in total. The van der Waals surface area contributed by atoms with Gasteiger partial charge in [0.1, 0.15) is 5.69 Å². The van der Waals surface area contributed by atoms with E-state index in [1.807, 2.05) is 11.8 Å². The van der Waals surface area contributed by atoms with Crippen molar-refractivity contribution in [2.24, 2.45) is 0 Å². The third-order valence-electron chi connectivity index (χ3n) is 6.00. The van der Waals surface area contributed by atoms with Crippen molar-refractivity contribution in [2.45, 2.75) is 32.9 Å². The average molecular weight is 419 g/mol. The fourth-order valence-corrected chi connectivity index (χ4v) is 6.12. The first-order valence-corrected chi connectivity index (χ1v) is 11.9. The third kappa shape index (κ3) is 3.81. The summed E-state index contributed by atoms with van der Waals surface area (Å²) in [5.41, 5.74) is 2.24. The number of hydrogen-bond donors (Lipinski definition) is 0. The number of amides is 1. The van der Waals surface area contributed by atoms with E-state index in [9.17, 15) is 18.0 Å². The molecule has 0 saturated carbocycles. The van der Waals surface area contributed by atoms with Crippen molar-refractivity contribution in [3.8, 4) is 0 Å². The SMILES string of the molecule is CCn1c(=O)c(C)nc2cc(C(=O)N3CCN([C@@H]4CCS(=O)(=O)C4)CC3)ccc21. The first-order valence-electron chi connectivity index (χ1n) is 10.0. The molecule has 1 aromatic carbocycles. The molecular weight excluding hydrogens is 392 g/mol. The number of carbonyl (C=O) groups excluding carboxylic acids is 1. The molecule has 156 valence electrons. The van der Waals surface area contributed by atoms with E-state index in [-0.39, 0.29) is 29.0 Å². The van der Waals surface area contributed by atoms with Crippen LogP contribution in [-0.2, 0) is 16.4 Å². The summed E-state index contributed by atoms with van der Waals surface area (Å²) in [6.07, 6.45) is 0.686. The maximum Gasteiger partial charge on any atom is 0.272 e. The van der Waals surface area contributed by atoms with Crippen LogP contribution < -0.4 is 5.56 Å². The zero-order chi connectivity index (χ0) is 20.8. The number of benzene rings is 1. The van der Waals surface area contributed by atoms with Crippen LogP contribution in [-0.4, -0.2) is 77.4 Å². The molecule has 29 heavy (non-hydrogen) atoms. The fourth-order valence-electron chi connectivity index (χ4n) is 4.36. The van der Waals surface area contributed by atoms with Gasteiger partial charge in [-0.05, 0) is 38.5 Å². The van der Waals surface area contributed by atoms with E-state index < -0.39 is 9.84 Å². The van der Waals surface area contributed by atoms with Crippen LogP contribution >= 0.6 is 0 Å². The molecule has 2 aliphatic rings. The molecule has 2 saturated heterocycles. The molecule has 9 heteroatoms. The van der Waals surface area contributed by atoms with E-state index in [0.717, 1.165) is 5.52 Å². The predicted molar refractivity (Wildman–Crippen MR) is 111 cm³/mol. The number of aryl methyl sites for hydroxylation is 2. The maximum absolute atomic E-state index is 13.0. The lowest BCUT2D eigenvalue weighted by Crippen LogP contribution is -2.52. The van der Waals surface area contributed by atoms with Gasteiger partial charge in [0.2, 0.25) is 0 Å². The largest absolute Gasteiger partial charge is 0.336 e. The van der Waals surface area contributed by atoms with Crippen molar-refractivity contribution < 1.29 is 13.2 Å². The second kappa shape index (κ2) is 7.53. The molecule has 1 amide bonds. The lowest BCUT2D eigenvalue weighted by molar-refractivity contribution is 0.0588. The lowest BCUT2D eigenvalue weighted by Gasteiger charge is -2.37. The highest BCUT2D eigenvalue weighted by molar-refractivity contribution is 7.91. The summed E-state index contributed by atoms with van der Waals surface area (Å²) in [6.45, 7) is 6.67. The van der Waals surface area contributed by atoms with Gasteiger partial charge in [0.15, 0.2) is 9.84 Å². The Balaban J connectivity index is 1.50. The molecule has 3 heterocycles. The van der Waals surface area contributed by atoms with E-state index in [2.05, 4.69) is 9.88 Å². The van der Waals surface area contributed by atoms with E-state index >= 15 is 0 Å². The van der Waals surface area contributed by atoms with Crippen LogP contribution in [0.5, 0.6) is 0 Å². The topological polar surface area (TPSA) is 92.6 Å². The van der Waals surface area contributed by atoms with E-state index in [1.165, 1.54) is 0 Å². The number of rotatable bonds is 3. The summed E-state index contributed by atoms with van der Waals surface area (Å²) in [6, 6.07) is 5.38. The van der Waals surface area contributed by atoms with Gasteiger partial charge in [0.05, 0.1) is 22.5 Å². The Bertz CT molecular complexity index is 1120. The van der Waals surface area contributed by atoms with Crippen molar-refractivity contribution in [1.82, 2.24) is 19.4 Å². The standard InChI is InChI=1S/C20H26N4O4S/c1-3-24-18-5-4-15(12-17(18)21-14(2)19(24)25)20(26)23-9-7-22(8-10-23)16-6-11-29(27,28)13-16/h4-5,12,16H,3,6-11,13H2,1-2H3/t16-/m1/s1. The average Bonchev–Trinajstić information content (AvgIpc) is 3.08. The van der Waals surface area contributed by atoms with Crippen molar-refractivity contribution in [3.63, 3.8) is 0 Å². The molecule has 8 nitrogen and oxygen atoms in total. The van der Waals surface area contributed by atoms with E-state index in [1.54, 1.807) is 29.7 Å². The first-order chi connectivity index (χ1) is 13.8. The first kappa shape index (κ1) is 20.0. The molecule has 1 atom stereocenters. The van der Waals surface area contributed by atoms with Gasteiger partial charge in [-0.25, -0.2) is 13.4 Å². The minimum Gasteiger partial charge on any atom is -0.336 e. The smallest absolute Gasteiger partial charge is 0.272 e. The van der Waals surface area contributed by atoms with Crippen molar-refractivity contribution >= 4 is 26.8 Å². The van der Waals surface area contributed by atoms with Crippen molar-refractivity contribution in [2.75, 3.05) is 37.7 Å². The molecular formula is C20H26N4O4S. The number of piperazine rings is 1. The third-order valence-corrected chi connectivity index (χ3v) is 7.75. The van der Waals surface area contributed by atoms with Gasteiger partial charge in [-0.2, -0.15) is 0 Å². The Morgan fingerprint density at radius 2 is 1.93 bits per heavy atom. The number of nitrogens with zero attached hydrogens (tertiary/aromatic N) is 4. The van der Waals surface area contributed by atoms with Crippen LogP contribution in [0.4, 0.5) is 0 Å². The van der Waals surface area contributed by atoms with Crippen LogP contribution in [0.25, 0.3) is 11.0 Å². The van der Waals surface area contributed by atoms with E-state index in [0.29, 0.717) is 55.9 Å². The molecule has 4 rings (SSSR count). The molecule has 1 aromatic heterocycles. The zero-order valence-electron chi connectivity index (χ0n) is 16.8. The number of hydrogen-bond acceptors (Lipinski definition) is 6. The van der Waals surface area contributed by atoms with Crippen LogP contribution in [0.3, 0.4) is 0 Å². The van der Waals surface area contributed by atoms with Gasteiger partial charge < -0.3 is 9.47 Å². The number of aromatic nitrogens is 2. The van der Waals surface area contributed by atoms with Crippen LogP contribution in [0.2, 0.25) is 0 Å². The van der Waals surface area contributed by atoms with Gasteiger partial charge in [-0.1, -0.05) is 0 Å². The van der Waals surface area contributed by atoms with Crippen LogP contribution in [0.1, 0.15) is 29.4 Å². The minimum absolute atomic E-state index is 0.0562. The van der Waals surface area contributed by atoms with Gasteiger partial charge in [-0.3, -0.25) is 14.5 Å². The number of carbonyl (C=O) groups is 1. The lowest BCUT2D eigenvalue weighted by atomic mass is 10.1. The molecule has 0 unspecified atom stereocenters. The van der Waals surface area contributed by atoms with Gasteiger partial charge in [0.25, 0.3) is 11.5 Å². The maximum atomic E-state index is 13.0. The fraction of sp³-hybridized carbons (Fsp3) is 0.550. The van der Waals surface area contributed by atoms with Gasteiger partial charge in [-0.15, -0.1) is 0 Å². The normalized spacial score (nSPS) is 22.3. The molecule has 0 spiro atoms. The monoisotopic (exact) mass is 418 g/mol. The molecule has 2 aromatic rings. The Labute approximate surface area is 170 Å². The van der Waals surface area contributed by atoms with Crippen molar-refractivity contribution in [3.05, 3.63) is 39.8 Å². The Hall–Kier alpha value is -2.26. The highest BCUT2D eigenvalue weighted by Gasteiger charge is 2.34. The second-order valence-electron chi connectivity index (χ2n) is 7.84. The highest BCUT2D eigenvalue weighted by atomic mass is 32.2. The Morgan fingerprint density at radius 1 is 1.21 bits per heavy atom. The number of fused-ring (bicyclic) bond motifs is 1. The summed E-state index contributed by atoms with van der Waals surface area (Å²) in [5, 5.41) is 0. The summed E-state index contributed by atoms with van der Waals surface area (Å²) < 4.78 is 25.1. The Kier molecular flexibility index (Phi) is 5.20. The summed E-state index contributed by atoms with van der Waals surface area (Å²) in [5.74, 6) is 0.443. The summed E-state index contributed by atoms with van der Waals surface area (Å²) >= 11 is 0. The molecule has 0 aliphatic carbocycles. The minimum atomic E-state index is -2.90. The highest BCUT2D eigenvalue weighted by Crippen LogP contribution is 2.21. The Morgan fingerprint density at radius 3 is 2.55 bits per heavy atom. The molecule has 0 radical (unpaired) electrons. The summed E-state index contributed by atoms with van der Waals surface area (Å²) in [4.78, 5) is 33.6. The van der Waals surface area contributed by atoms with Crippen LogP contribution in [0.15, 0.2) is 23.0 Å². The molecule has 2 aliphatic heterocycles.